The van der Waals surface area contributed by atoms with Crippen molar-refractivity contribution in [3.8, 4) is 5.75 Å². The van der Waals surface area contributed by atoms with E-state index in [1.165, 1.54) is 12.1 Å². The van der Waals surface area contributed by atoms with Crippen LogP contribution >= 0.6 is 0 Å². The average molecular weight is 302 g/mol. The molecule has 0 fully saturated rings. The lowest BCUT2D eigenvalue weighted by Crippen LogP contribution is -2.13. The smallest absolute Gasteiger partial charge is 0.342 e. The van der Waals surface area contributed by atoms with Crippen molar-refractivity contribution in [2.75, 3.05) is 46.8 Å². The number of benzene rings is 1. The molecule has 0 saturated carbocycles. The molecule has 21 heavy (non-hydrogen) atoms. The highest BCUT2D eigenvalue weighted by molar-refractivity contribution is 5.91. The average Bonchev–Trinajstić information content (AvgIpc) is 2.45. The maximum absolute atomic E-state index is 13.4. The van der Waals surface area contributed by atoms with Crippen LogP contribution in [0, 0.1) is 5.82 Å². The highest BCUT2D eigenvalue weighted by Gasteiger charge is 2.16. The molecular formula is C14H19FO6. The number of aromatic carboxylic acids is 1. The highest BCUT2D eigenvalue weighted by Crippen LogP contribution is 2.21. The third-order valence-electron chi connectivity index (χ3n) is 2.48. The molecular weight excluding hydrogens is 283 g/mol. The van der Waals surface area contributed by atoms with Gasteiger partial charge >= 0.3 is 5.97 Å². The fraction of sp³-hybridized carbons (Fsp3) is 0.500. The van der Waals surface area contributed by atoms with Crippen molar-refractivity contribution >= 4 is 5.97 Å². The van der Waals surface area contributed by atoms with Crippen molar-refractivity contribution in [1.29, 1.82) is 0 Å². The predicted molar refractivity (Wildman–Crippen MR) is 72.4 cm³/mol. The van der Waals surface area contributed by atoms with E-state index in [-0.39, 0.29) is 19.0 Å². The minimum absolute atomic E-state index is 0.0116. The molecule has 7 heteroatoms. The van der Waals surface area contributed by atoms with Gasteiger partial charge in [0.15, 0.2) is 0 Å². The van der Waals surface area contributed by atoms with E-state index in [1.54, 1.807) is 7.11 Å². The van der Waals surface area contributed by atoms with Crippen LogP contribution in [0.15, 0.2) is 18.2 Å². The van der Waals surface area contributed by atoms with Crippen molar-refractivity contribution in [1.82, 2.24) is 0 Å². The van der Waals surface area contributed by atoms with E-state index in [1.807, 2.05) is 0 Å². The first-order chi connectivity index (χ1) is 10.2. The van der Waals surface area contributed by atoms with Crippen molar-refractivity contribution in [2.24, 2.45) is 0 Å². The van der Waals surface area contributed by atoms with Gasteiger partial charge in [0, 0.05) is 7.11 Å². The van der Waals surface area contributed by atoms with Crippen LogP contribution in [0.1, 0.15) is 10.4 Å². The second-order valence-electron chi connectivity index (χ2n) is 3.98. The number of hydrogen-bond acceptors (Lipinski definition) is 5. The maximum Gasteiger partial charge on any atom is 0.342 e. The fourth-order valence-corrected chi connectivity index (χ4v) is 1.51. The lowest BCUT2D eigenvalue weighted by molar-refractivity contribution is 0.0178. The Morgan fingerprint density at radius 1 is 1.10 bits per heavy atom. The third-order valence-corrected chi connectivity index (χ3v) is 2.48. The molecule has 6 nitrogen and oxygen atoms in total. The largest absolute Gasteiger partial charge is 0.490 e. The molecule has 0 aliphatic carbocycles. The van der Waals surface area contributed by atoms with E-state index in [2.05, 4.69) is 0 Å². The molecule has 0 aromatic heterocycles. The first kappa shape index (κ1) is 17.4. The summed E-state index contributed by atoms with van der Waals surface area (Å²) in [5, 5.41) is 8.91. The van der Waals surface area contributed by atoms with Gasteiger partial charge in [-0.05, 0) is 12.1 Å². The molecule has 1 aromatic rings. The second kappa shape index (κ2) is 10.1. The topological polar surface area (TPSA) is 74.2 Å². The zero-order valence-corrected chi connectivity index (χ0v) is 11.8. The molecule has 0 amide bonds. The molecule has 0 saturated heterocycles. The summed E-state index contributed by atoms with van der Waals surface area (Å²) in [4.78, 5) is 10.9. The monoisotopic (exact) mass is 302 g/mol. The van der Waals surface area contributed by atoms with Gasteiger partial charge in [-0.3, -0.25) is 0 Å². The zero-order chi connectivity index (χ0) is 15.5. The SMILES string of the molecule is COCCOCCOCCOc1cccc(F)c1C(=O)O. The summed E-state index contributed by atoms with van der Waals surface area (Å²) >= 11 is 0. The molecule has 1 aromatic carbocycles. The summed E-state index contributed by atoms with van der Waals surface area (Å²) in [5.41, 5.74) is -0.472. The van der Waals surface area contributed by atoms with Crippen molar-refractivity contribution < 1.29 is 33.2 Å². The predicted octanol–water partition coefficient (Wildman–Crippen LogP) is 1.58. The number of carboxylic acid groups (broad SMARTS) is 1. The molecule has 0 aliphatic heterocycles. The van der Waals surface area contributed by atoms with Crippen LogP contribution in [-0.4, -0.2) is 57.8 Å². The molecule has 1 rings (SSSR count). The van der Waals surface area contributed by atoms with Gasteiger partial charge in [0.25, 0.3) is 0 Å². The van der Waals surface area contributed by atoms with Crippen LogP contribution < -0.4 is 4.74 Å². The molecule has 118 valence electrons. The number of rotatable bonds is 11. The summed E-state index contributed by atoms with van der Waals surface area (Å²) in [6.45, 7) is 2.24. The van der Waals surface area contributed by atoms with Gasteiger partial charge in [-0.1, -0.05) is 6.07 Å². The number of carboxylic acids is 1. The number of carbonyl (C=O) groups is 1. The molecule has 0 spiro atoms. The lowest BCUT2D eigenvalue weighted by atomic mass is 10.2. The Morgan fingerprint density at radius 2 is 1.71 bits per heavy atom. The third kappa shape index (κ3) is 6.52. The Bertz CT molecular complexity index is 437. The van der Waals surface area contributed by atoms with Gasteiger partial charge < -0.3 is 24.1 Å². The molecule has 0 aliphatic rings. The number of halogens is 1. The van der Waals surface area contributed by atoms with Crippen LogP contribution in [0.2, 0.25) is 0 Å². The normalized spacial score (nSPS) is 10.6. The van der Waals surface area contributed by atoms with Crippen molar-refractivity contribution in [3.63, 3.8) is 0 Å². The van der Waals surface area contributed by atoms with E-state index < -0.39 is 17.3 Å². The summed E-state index contributed by atoms with van der Waals surface area (Å²) in [5.74, 6) is -2.20. The first-order valence-corrected chi connectivity index (χ1v) is 6.46. The van der Waals surface area contributed by atoms with E-state index >= 15 is 0 Å². The summed E-state index contributed by atoms with van der Waals surface area (Å²) in [6, 6.07) is 3.87. The van der Waals surface area contributed by atoms with Crippen molar-refractivity contribution in [2.45, 2.75) is 0 Å². The molecule has 0 radical (unpaired) electrons. The fourth-order valence-electron chi connectivity index (χ4n) is 1.51. The lowest BCUT2D eigenvalue weighted by Gasteiger charge is -2.10. The number of ether oxygens (including phenoxy) is 4. The van der Waals surface area contributed by atoms with Crippen LogP contribution in [-0.2, 0) is 14.2 Å². The van der Waals surface area contributed by atoms with Gasteiger partial charge in [-0.15, -0.1) is 0 Å². The van der Waals surface area contributed by atoms with Crippen molar-refractivity contribution in [3.05, 3.63) is 29.6 Å². The van der Waals surface area contributed by atoms with Gasteiger partial charge in [0.2, 0.25) is 0 Å². The van der Waals surface area contributed by atoms with Gasteiger partial charge in [0.05, 0.1) is 33.0 Å². The summed E-state index contributed by atoms with van der Waals surface area (Å²) in [7, 11) is 1.59. The zero-order valence-electron chi connectivity index (χ0n) is 11.8. The quantitative estimate of drug-likeness (QED) is 0.626. The Hall–Kier alpha value is -1.70. The standard InChI is InChI=1S/C14H19FO6/c1-18-5-6-19-7-8-20-9-10-21-12-4-2-3-11(15)13(12)14(16)17/h2-4H,5-10H2,1H3,(H,16,17). The van der Waals surface area contributed by atoms with E-state index in [9.17, 15) is 9.18 Å². The minimum atomic E-state index is -1.37. The molecule has 0 atom stereocenters. The van der Waals surface area contributed by atoms with Gasteiger partial charge in [-0.25, -0.2) is 9.18 Å². The Morgan fingerprint density at radius 3 is 2.33 bits per heavy atom. The summed E-state index contributed by atoms with van der Waals surface area (Å²) < 4.78 is 33.8. The molecule has 1 N–H and O–H groups in total. The Balaban J connectivity index is 2.21. The van der Waals surface area contributed by atoms with Crippen LogP contribution in [0.4, 0.5) is 4.39 Å². The van der Waals surface area contributed by atoms with Crippen LogP contribution in [0.5, 0.6) is 5.75 Å². The Kier molecular flexibility index (Phi) is 8.34. The molecule has 0 heterocycles. The van der Waals surface area contributed by atoms with Crippen LogP contribution in [0.3, 0.4) is 0 Å². The van der Waals surface area contributed by atoms with E-state index in [0.29, 0.717) is 26.4 Å². The molecule has 0 bridgehead atoms. The first-order valence-electron chi connectivity index (χ1n) is 6.46. The Labute approximate surface area is 122 Å². The maximum atomic E-state index is 13.4. The highest BCUT2D eigenvalue weighted by atomic mass is 19.1. The number of methoxy groups -OCH3 is 1. The van der Waals surface area contributed by atoms with E-state index in [4.69, 9.17) is 24.1 Å². The number of hydrogen-bond donors (Lipinski definition) is 1. The summed E-state index contributed by atoms with van der Waals surface area (Å²) in [6.07, 6.45) is 0. The van der Waals surface area contributed by atoms with E-state index in [0.717, 1.165) is 6.07 Å². The minimum Gasteiger partial charge on any atom is -0.490 e. The molecule has 0 unspecified atom stereocenters. The van der Waals surface area contributed by atoms with Crippen LogP contribution in [0.25, 0.3) is 0 Å². The van der Waals surface area contributed by atoms with Gasteiger partial charge in [-0.2, -0.15) is 0 Å². The second-order valence-corrected chi connectivity index (χ2v) is 3.98. The van der Waals surface area contributed by atoms with Gasteiger partial charge in [0.1, 0.15) is 23.7 Å².